The van der Waals surface area contributed by atoms with E-state index in [9.17, 15) is 0 Å². The quantitative estimate of drug-likeness (QED) is 0.827. The molecule has 4 nitrogen and oxygen atoms in total. The van der Waals surface area contributed by atoms with Gasteiger partial charge >= 0.3 is 0 Å². The minimum Gasteiger partial charge on any atom is -0.482 e. The third kappa shape index (κ3) is 2.46. The van der Waals surface area contributed by atoms with Crippen molar-refractivity contribution in [1.82, 2.24) is 9.97 Å². The number of fused-ring (bicyclic) bond motifs is 1. The highest BCUT2D eigenvalue weighted by molar-refractivity contribution is 14.1. The Morgan fingerprint density at radius 3 is 2.90 bits per heavy atom. The number of anilines is 1. The minimum atomic E-state index is -0.0829. The summed E-state index contributed by atoms with van der Waals surface area (Å²) in [7, 11) is 0. The molecule has 104 valence electrons. The Morgan fingerprint density at radius 1 is 1.35 bits per heavy atom. The van der Waals surface area contributed by atoms with Crippen molar-refractivity contribution >= 4 is 28.4 Å². The number of benzene rings is 1. The standard InChI is InChI=1S/C15H16IN3O/c1-3-17-15-13(16)9(2)18-14(19-15)12-8-10-6-4-5-7-11(10)20-12/h4-7,12H,3,8H2,1-2H3,(H,17,18,19). The van der Waals surface area contributed by atoms with Gasteiger partial charge in [0.05, 0.1) is 9.26 Å². The zero-order valence-electron chi connectivity index (χ0n) is 11.5. The molecule has 1 unspecified atom stereocenters. The van der Waals surface area contributed by atoms with Gasteiger partial charge in [-0.25, -0.2) is 9.97 Å². The van der Waals surface area contributed by atoms with Gasteiger partial charge in [-0.15, -0.1) is 0 Å². The highest BCUT2D eigenvalue weighted by atomic mass is 127. The minimum absolute atomic E-state index is 0.0829. The van der Waals surface area contributed by atoms with Gasteiger partial charge in [-0.3, -0.25) is 0 Å². The number of hydrogen-bond donors (Lipinski definition) is 1. The fraction of sp³-hybridized carbons (Fsp3) is 0.333. The summed E-state index contributed by atoms with van der Waals surface area (Å²) in [4.78, 5) is 9.23. The van der Waals surface area contributed by atoms with Crippen molar-refractivity contribution in [3.8, 4) is 5.75 Å². The molecule has 3 rings (SSSR count). The van der Waals surface area contributed by atoms with Gasteiger partial charge < -0.3 is 10.1 Å². The molecule has 0 saturated heterocycles. The van der Waals surface area contributed by atoms with Crippen LogP contribution in [0.3, 0.4) is 0 Å². The third-order valence-electron chi connectivity index (χ3n) is 3.31. The van der Waals surface area contributed by atoms with Crippen molar-refractivity contribution in [2.75, 3.05) is 11.9 Å². The largest absolute Gasteiger partial charge is 0.482 e. The van der Waals surface area contributed by atoms with Gasteiger partial charge in [0.2, 0.25) is 0 Å². The zero-order valence-corrected chi connectivity index (χ0v) is 13.6. The van der Waals surface area contributed by atoms with Crippen molar-refractivity contribution < 1.29 is 4.74 Å². The van der Waals surface area contributed by atoms with Crippen LogP contribution in [0.15, 0.2) is 24.3 Å². The van der Waals surface area contributed by atoms with E-state index >= 15 is 0 Å². The highest BCUT2D eigenvalue weighted by Gasteiger charge is 2.27. The summed E-state index contributed by atoms with van der Waals surface area (Å²) in [5.74, 6) is 2.60. The van der Waals surface area contributed by atoms with E-state index in [4.69, 9.17) is 4.74 Å². The maximum atomic E-state index is 5.97. The van der Waals surface area contributed by atoms with Gasteiger partial charge in [0.25, 0.3) is 0 Å². The topological polar surface area (TPSA) is 47.0 Å². The van der Waals surface area contributed by atoms with Crippen molar-refractivity contribution in [3.05, 3.63) is 44.9 Å². The average molecular weight is 381 g/mol. The summed E-state index contributed by atoms with van der Waals surface area (Å²) in [6.07, 6.45) is 0.752. The molecule has 1 aromatic carbocycles. The second kappa shape index (κ2) is 5.55. The van der Waals surface area contributed by atoms with Crippen molar-refractivity contribution in [3.63, 3.8) is 0 Å². The molecule has 2 heterocycles. The van der Waals surface area contributed by atoms with Crippen molar-refractivity contribution in [1.29, 1.82) is 0 Å². The second-order valence-corrected chi connectivity index (χ2v) is 5.86. The Hall–Kier alpha value is -1.37. The molecule has 0 saturated carbocycles. The molecule has 1 aliphatic heterocycles. The molecule has 0 spiro atoms. The SMILES string of the molecule is CCNc1nc(C2Cc3ccccc3O2)nc(C)c1I. The smallest absolute Gasteiger partial charge is 0.172 e. The van der Waals surface area contributed by atoms with E-state index in [2.05, 4.69) is 50.9 Å². The van der Waals surface area contributed by atoms with Gasteiger partial charge in [0.15, 0.2) is 11.9 Å². The van der Waals surface area contributed by atoms with Gasteiger partial charge in [-0.05, 0) is 48.1 Å². The van der Waals surface area contributed by atoms with Crippen LogP contribution in [0, 0.1) is 10.5 Å². The van der Waals surface area contributed by atoms with E-state index in [0.29, 0.717) is 0 Å². The summed E-state index contributed by atoms with van der Waals surface area (Å²) in [6.45, 7) is 4.92. The lowest BCUT2D eigenvalue weighted by molar-refractivity contribution is 0.227. The molecule has 0 amide bonds. The molecule has 2 aromatic rings. The van der Waals surface area contributed by atoms with Gasteiger partial charge in [0, 0.05) is 13.0 Å². The molecule has 1 aliphatic rings. The normalized spacial score (nSPS) is 16.6. The molecule has 0 bridgehead atoms. The van der Waals surface area contributed by atoms with Crippen LogP contribution in [0.25, 0.3) is 0 Å². The fourth-order valence-corrected chi connectivity index (χ4v) is 2.77. The Balaban J connectivity index is 1.93. The molecule has 1 aromatic heterocycles. The Kier molecular flexibility index (Phi) is 3.78. The summed E-state index contributed by atoms with van der Waals surface area (Å²) in [6, 6.07) is 8.13. The van der Waals surface area contributed by atoms with Crippen molar-refractivity contribution in [2.45, 2.75) is 26.4 Å². The predicted octanol–water partition coefficient (Wildman–Crippen LogP) is 3.50. The first-order chi connectivity index (χ1) is 9.69. The molecule has 0 aliphatic carbocycles. The lowest BCUT2D eigenvalue weighted by atomic mass is 10.1. The molecule has 0 fully saturated rings. The van der Waals surface area contributed by atoms with Crippen LogP contribution < -0.4 is 10.1 Å². The van der Waals surface area contributed by atoms with E-state index < -0.39 is 0 Å². The maximum Gasteiger partial charge on any atom is 0.172 e. The molecular weight excluding hydrogens is 365 g/mol. The molecule has 1 N–H and O–H groups in total. The maximum absolute atomic E-state index is 5.97. The van der Waals surface area contributed by atoms with E-state index in [0.717, 1.165) is 39.6 Å². The zero-order chi connectivity index (χ0) is 14.1. The van der Waals surface area contributed by atoms with Crippen LogP contribution in [0.2, 0.25) is 0 Å². The predicted molar refractivity (Wildman–Crippen MR) is 87.2 cm³/mol. The van der Waals surface area contributed by atoms with Crippen LogP contribution in [0.5, 0.6) is 5.75 Å². The number of halogens is 1. The molecule has 0 radical (unpaired) electrons. The summed E-state index contributed by atoms with van der Waals surface area (Å²) >= 11 is 2.28. The summed E-state index contributed by atoms with van der Waals surface area (Å²) in [5, 5.41) is 3.29. The monoisotopic (exact) mass is 381 g/mol. The number of rotatable bonds is 3. The molecule has 5 heteroatoms. The molecule has 1 atom stereocenters. The van der Waals surface area contributed by atoms with Crippen LogP contribution >= 0.6 is 22.6 Å². The first kappa shape index (κ1) is 13.6. The van der Waals surface area contributed by atoms with E-state index in [1.165, 1.54) is 5.56 Å². The lowest BCUT2D eigenvalue weighted by Gasteiger charge is -2.14. The molecular formula is C15H16IN3O. The lowest BCUT2D eigenvalue weighted by Crippen LogP contribution is -2.13. The van der Waals surface area contributed by atoms with E-state index in [1.54, 1.807) is 0 Å². The second-order valence-electron chi connectivity index (χ2n) is 4.78. The van der Waals surface area contributed by atoms with Crippen LogP contribution in [-0.2, 0) is 6.42 Å². The third-order valence-corrected chi connectivity index (χ3v) is 4.61. The van der Waals surface area contributed by atoms with Gasteiger partial charge in [-0.1, -0.05) is 18.2 Å². The van der Waals surface area contributed by atoms with Crippen LogP contribution in [0.4, 0.5) is 5.82 Å². The number of aromatic nitrogens is 2. The van der Waals surface area contributed by atoms with Gasteiger partial charge in [-0.2, -0.15) is 0 Å². The summed E-state index contributed by atoms with van der Waals surface area (Å²) < 4.78 is 7.04. The Bertz CT molecular complexity index is 620. The Labute approximate surface area is 132 Å². The van der Waals surface area contributed by atoms with Crippen LogP contribution in [0.1, 0.15) is 30.1 Å². The number of ether oxygens (including phenoxy) is 1. The fourth-order valence-electron chi connectivity index (χ4n) is 2.34. The number of aryl methyl sites for hydroxylation is 1. The van der Waals surface area contributed by atoms with E-state index in [-0.39, 0.29) is 6.10 Å². The van der Waals surface area contributed by atoms with E-state index in [1.807, 2.05) is 25.1 Å². The molecule has 20 heavy (non-hydrogen) atoms. The van der Waals surface area contributed by atoms with Crippen LogP contribution in [-0.4, -0.2) is 16.5 Å². The first-order valence-electron chi connectivity index (χ1n) is 6.71. The van der Waals surface area contributed by atoms with Crippen molar-refractivity contribution in [2.24, 2.45) is 0 Å². The number of hydrogen-bond acceptors (Lipinski definition) is 4. The number of para-hydroxylation sites is 1. The Morgan fingerprint density at radius 2 is 2.15 bits per heavy atom. The highest BCUT2D eigenvalue weighted by Crippen LogP contribution is 2.35. The van der Waals surface area contributed by atoms with Gasteiger partial charge in [0.1, 0.15) is 11.6 Å². The number of nitrogens with one attached hydrogen (secondary N) is 1. The number of nitrogens with zero attached hydrogens (tertiary/aromatic N) is 2. The average Bonchev–Trinajstić information content (AvgIpc) is 2.87. The first-order valence-corrected chi connectivity index (χ1v) is 7.79. The summed E-state index contributed by atoms with van der Waals surface area (Å²) in [5.41, 5.74) is 2.22.